The first-order valence-electron chi connectivity index (χ1n) is 2.90. The summed E-state index contributed by atoms with van der Waals surface area (Å²) < 4.78 is 1.59. The van der Waals surface area contributed by atoms with E-state index in [9.17, 15) is 4.79 Å². The second-order valence-electron chi connectivity index (χ2n) is 2.05. The zero-order valence-electron chi connectivity index (χ0n) is 5.64. The van der Waals surface area contributed by atoms with E-state index in [2.05, 4.69) is 22.6 Å². The molecule has 1 aromatic carbocycles. The minimum atomic E-state index is -0.945. The molecule has 0 fully saturated rings. The number of hydrogen-bond donors (Lipinski definition) is 1. The summed E-state index contributed by atoms with van der Waals surface area (Å²) in [6.07, 6.45) is 0. The Morgan fingerprint density at radius 1 is 1.42 bits per heavy atom. The fraction of sp³-hybridized carbons (Fsp3) is 0. The highest BCUT2D eigenvalue weighted by atomic mass is 127. The predicted octanol–water partition coefficient (Wildman–Crippen LogP) is 3.25. The van der Waals surface area contributed by atoms with Crippen LogP contribution in [0.4, 0.5) is 0 Å². The molecule has 0 saturated heterocycles. The second-order valence-corrected chi connectivity index (χ2v) is 4.73. The standard InChI is InChI=1S/C7H3ClI2O2/c8-3-1-4(7(11)12)6(10)5(9)2-3/h1-2H,(H,11,12). The fourth-order valence-electron chi connectivity index (χ4n) is 0.712. The lowest BCUT2D eigenvalue weighted by Crippen LogP contribution is -2.01. The lowest BCUT2D eigenvalue weighted by Gasteiger charge is -2.01. The van der Waals surface area contributed by atoms with Gasteiger partial charge in [-0.2, -0.15) is 0 Å². The van der Waals surface area contributed by atoms with E-state index >= 15 is 0 Å². The highest BCUT2D eigenvalue weighted by molar-refractivity contribution is 14.1. The van der Waals surface area contributed by atoms with Gasteiger partial charge in [0.25, 0.3) is 0 Å². The maximum atomic E-state index is 10.7. The van der Waals surface area contributed by atoms with Crippen LogP contribution >= 0.6 is 56.8 Å². The van der Waals surface area contributed by atoms with Crippen LogP contribution in [0.1, 0.15) is 10.4 Å². The third-order valence-corrected chi connectivity index (χ3v) is 4.49. The van der Waals surface area contributed by atoms with Crippen LogP contribution in [0, 0.1) is 7.14 Å². The Bertz CT molecular complexity index is 338. The number of carboxylic acids is 1. The van der Waals surface area contributed by atoms with Crippen LogP contribution in [0.3, 0.4) is 0 Å². The molecular weight excluding hydrogens is 405 g/mol. The second kappa shape index (κ2) is 4.10. The number of hydrogen-bond acceptors (Lipinski definition) is 1. The minimum Gasteiger partial charge on any atom is -0.478 e. The van der Waals surface area contributed by atoms with Crippen molar-refractivity contribution in [2.24, 2.45) is 0 Å². The van der Waals surface area contributed by atoms with Crippen LogP contribution in [0.15, 0.2) is 12.1 Å². The molecule has 1 rings (SSSR count). The molecule has 0 aromatic heterocycles. The first-order valence-corrected chi connectivity index (χ1v) is 5.43. The van der Waals surface area contributed by atoms with Crippen LogP contribution in [0.2, 0.25) is 5.02 Å². The van der Waals surface area contributed by atoms with E-state index in [-0.39, 0.29) is 5.56 Å². The van der Waals surface area contributed by atoms with Crippen LogP contribution < -0.4 is 0 Å². The van der Waals surface area contributed by atoms with Crippen molar-refractivity contribution in [3.63, 3.8) is 0 Å². The predicted molar refractivity (Wildman–Crippen MR) is 63.8 cm³/mol. The largest absolute Gasteiger partial charge is 0.478 e. The smallest absolute Gasteiger partial charge is 0.336 e. The highest BCUT2D eigenvalue weighted by Gasteiger charge is 2.11. The maximum absolute atomic E-state index is 10.7. The van der Waals surface area contributed by atoms with E-state index in [0.717, 1.165) is 7.14 Å². The van der Waals surface area contributed by atoms with E-state index in [4.69, 9.17) is 16.7 Å². The van der Waals surface area contributed by atoms with Crippen molar-refractivity contribution in [3.8, 4) is 0 Å². The van der Waals surface area contributed by atoms with Crippen molar-refractivity contribution in [2.45, 2.75) is 0 Å². The van der Waals surface area contributed by atoms with Crippen molar-refractivity contribution < 1.29 is 9.90 Å². The van der Waals surface area contributed by atoms with Gasteiger partial charge in [0.2, 0.25) is 0 Å². The van der Waals surface area contributed by atoms with E-state index in [0.29, 0.717) is 5.02 Å². The van der Waals surface area contributed by atoms with Gasteiger partial charge in [0.15, 0.2) is 0 Å². The summed E-state index contributed by atoms with van der Waals surface area (Å²) in [7, 11) is 0. The summed E-state index contributed by atoms with van der Waals surface area (Å²) in [5.74, 6) is -0.945. The molecule has 0 bridgehead atoms. The number of carbonyl (C=O) groups is 1. The topological polar surface area (TPSA) is 37.3 Å². The Hall–Kier alpha value is 0.440. The van der Waals surface area contributed by atoms with Gasteiger partial charge in [0, 0.05) is 12.2 Å². The number of carboxylic acid groups (broad SMARTS) is 1. The Balaban J connectivity index is 3.37. The summed E-state index contributed by atoms with van der Waals surface area (Å²) in [5.41, 5.74) is 0.257. The quantitative estimate of drug-likeness (QED) is 0.572. The Morgan fingerprint density at radius 2 is 2.00 bits per heavy atom. The average Bonchev–Trinajstić information content (AvgIpc) is 1.96. The van der Waals surface area contributed by atoms with Gasteiger partial charge < -0.3 is 5.11 Å². The van der Waals surface area contributed by atoms with E-state index in [1.807, 2.05) is 22.6 Å². The third kappa shape index (κ3) is 2.23. The summed E-state index contributed by atoms with van der Waals surface area (Å²) in [6, 6.07) is 3.18. The van der Waals surface area contributed by atoms with E-state index < -0.39 is 5.97 Å². The van der Waals surface area contributed by atoms with Crippen LogP contribution in [-0.2, 0) is 0 Å². The average molecular weight is 408 g/mol. The molecule has 2 nitrogen and oxygen atoms in total. The third-order valence-electron chi connectivity index (χ3n) is 1.22. The van der Waals surface area contributed by atoms with Gasteiger partial charge in [-0.3, -0.25) is 0 Å². The van der Waals surface area contributed by atoms with Crippen molar-refractivity contribution in [3.05, 3.63) is 29.9 Å². The van der Waals surface area contributed by atoms with Gasteiger partial charge in [-0.05, 0) is 57.3 Å². The first-order chi connectivity index (χ1) is 5.52. The molecule has 0 unspecified atom stereocenters. The molecule has 0 radical (unpaired) electrons. The van der Waals surface area contributed by atoms with Gasteiger partial charge in [0.05, 0.1) is 5.56 Å². The fourth-order valence-corrected chi connectivity index (χ4v) is 2.28. The number of rotatable bonds is 1. The van der Waals surface area contributed by atoms with Crippen molar-refractivity contribution >= 4 is 62.8 Å². The Kier molecular flexibility index (Phi) is 3.59. The zero-order valence-corrected chi connectivity index (χ0v) is 10.7. The monoisotopic (exact) mass is 408 g/mol. The van der Waals surface area contributed by atoms with E-state index in [1.165, 1.54) is 6.07 Å². The van der Waals surface area contributed by atoms with Gasteiger partial charge >= 0.3 is 5.97 Å². The lowest BCUT2D eigenvalue weighted by atomic mass is 10.2. The minimum absolute atomic E-state index is 0.257. The SMILES string of the molecule is O=C(O)c1cc(Cl)cc(I)c1I. The Morgan fingerprint density at radius 3 is 2.50 bits per heavy atom. The summed E-state index contributed by atoms with van der Waals surface area (Å²) >= 11 is 9.74. The van der Waals surface area contributed by atoms with Gasteiger partial charge in [0.1, 0.15) is 0 Å². The molecule has 0 atom stereocenters. The molecule has 1 aromatic rings. The molecular formula is C7H3ClI2O2. The summed E-state index contributed by atoms with van der Waals surface area (Å²) in [5, 5.41) is 9.20. The molecule has 5 heteroatoms. The van der Waals surface area contributed by atoms with Crippen molar-refractivity contribution in [2.75, 3.05) is 0 Å². The van der Waals surface area contributed by atoms with Crippen LogP contribution in [0.5, 0.6) is 0 Å². The summed E-state index contributed by atoms with van der Waals surface area (Å²) in [4.78, 5) is 10.7. The lowest BCUT2D eigenvalue weighted by molar-refractivity contribution is 0.0695. The van der Waals surface area contributed by atoms with Crippen LogP contribution in [-0.4, -0.2) is 11.1 Å². The van der Waals surface area contributed by atoms with Crippen LogP contribution in [0.25, 0.3) is 0 Å². The molecule has 1 N–H and O–H groups in total. The molecule has 0 aliphatic heterocycles. The first kappa shape index (κ1) is 10.5. The van der Waals surface area contributed by atoms with E-state index in [1.54, 1.807) is 6.07 Å². The normalized spacial score (nSPS) is 9.92. The molecule has 0 aliphatic carbocycles. The molecule has 12 heavy (non-hydrogen) atoms. The zero-order chi connectivity index (χ0) is 9.30. The number of halogens is 3. The van der Waals surface area contributed by atoms with Crippen molar-refractivity contribution in [1.82, 2.24) is 0 Å². The molecule has 0 saturated carbocycles. The number of aromatic carboxylic acids is 1. The van der Waals surface area contributed by atoms with Gasteiger partial charge in [-0.25, -0.2) is 4.79 Å². The molecule has 64 valence electrons. The maximum Gasteiger partial charge on any atom is 0.336 e. The molecule has 0 aliphatic rings. The summed E-state index contributed by atoms with van der Waals surface area (Å²) in [6.45, 7) is 0. The van der Waals surface area contributed by atoms with Gasteiger partial charge in [-0.1, -0.05) is 11.6 Å². The molecule has 0 amide bonds. The highest BCUT2D eigenvalue weighted by Crippen LogP contribution is 2.24. The molecule has 0 spiro atoms. The Labute approximate surface area is 102 Å². The molecule has 0 heterocycles. The number of benzene rings is 1. The van der Waals surface area contributed by atoms with Gasteiger partial charge in [-0.15, -0.1) is 0 Å². The van der Waals surface area contributed by atoms with Crippen molar-refractivity contribution in [1.29, 1.82) is 0 Å².